The average Bonchev–Trinajstić information content (AvgIpc) is 3.06. The predicted molar refractivity (Wildman–Crippen MR) is 70.3 cm³/mol. The number of amides is 1. The van der Waals surface area contributed by atoms with Crippen LogP contribution in [0.2, 0.25) is 5.02 Å². The second-order valence-corrected chi connectivity index (χ2v) is 5.83. The first kappa shape index (κ1) is 13.4. The number of hydrogen-bond acceptors (Lipinski definition) is 3. The standard InChI is InChI=1S/C12H14ClNO3S/c1-6-5-18-11(10(6)13)12(17)14-8(4-9(15)16)7-2-3-7/h5,7-8H,2-4H2,1H3,(H,14,17)(H,15,16). The molecule has 98 valence electrons. The summed E-state index contributed by atoms with van der Waals surface area (Å²) in [6.07, 6.45) is 1.93. The molecule has 0 bridgehead atoms. The minimum absolute atomic E-state index is 0.0294. The fourth-order valence-corrected chi connectivity index (χ4v) is 3.02. The second kappa shape index (κ2) is 5.28. The summed E-state index contributed by atoms with van der Waals surface area (Å²) < 4.78 is 0. The number of carbonyl (C=O) groups excluding carboxylic acids is 1. The molecule has 1 aliphatic rings. The Morgan fingerprint density at radius 3 is 2.72 bits per heavy atom. The lowest BCUT2D eigenvalue weighted by Gasteiger charge is -2.15. The van der Waals surface area contributed by atoms with E-state index in [4.69, 9.17) is 16.7 Å². The summed E-state index contributed by atoms with van der Waals surface area (Å²) in [4.78, 5) is 23.2. The average molecular weight is 288 g/mol. The molecule has 0 saturated heterocycles. The molecule has 1 aromatic heterocycles. The SMILES string of the molecule is Cc1csc(C(=O)NC(CC(=O)O)C2CC2)c1Cl. The van der Waals surface area contributed by atoms with Crippen LogP contribution in [-0.2, 0) is 4.79 Å². The predicted octanol–water partition coefficient (Wildman–Crippen LogP) is 2.69. The molecule has 1 atom stereocenters. The quantitative estimate of drug-likeness (QED) is 0.875. The van der Waals surface area contributed by atoms with Gasteiger partial charge in [0.1, 0.15) is 4.88 Å². The fourth-order valence-electron chi connectivity index (χ4n) is 1.84. The number of aliphatic carboxylic acids is 1. The molecule has 1 fully saturated rings. The molecule has 0 aromatic carbocycles. The summed E-state index contributed by atoms with van der Waals surface area (Å²) in [5, 5.41) is 13.9. The summed E-state index contributed by atoms with van der Waals surface area (Å²) in [5.41, 5.74) is 0.869. The normalized spacial score (nSPS) is 16.3. The van der Waals surface area contributed by atoms with Crippen LogP contribution in [0.1, 0.15) is 34.5 Å². The van der Waals surface area contributed by atoms with E-state index in [1.807, 2.05) is 12.3 Å². The first-order valence-electron chi connectivity index (χ1n) is 5.75. The highest BCUT2D eigenvalue weighted by atomic mass is 35.5. The Morgan fingerprint density at radius 2 is 2.28 bits per heavy atom. The van der Waals surface area contributed by atoms with Crippen molar-refractivity contribution >= 4 is 34.8 Å². The van der Waals surface area contributed by atoms with E-state index in [0.29, 0.717) is 15.8 Å². The van der Waals surface area contributed by atoms with Crippen LogP contribution < -0.4 is 5.32 Å². The number of rotatable bonds is 5. The molecular weight excluding hydrogens is 274 g/mol. The van der Waals surface area contributed by atoms with Gasteiger partial charge in [0.2, 0.25) is 0 Å². The van der Waals surface area contributed by atoms with Crippen LogP contribution in [-0.4, -0.2) is 23.0 Å². The molecule has 1 saturated carbocycles. The molecule has 0 radical (unpaired) electrons. The Labute approximate surface area is 114 Å². The fraction of sp³-hybridized carbons (Fsp3) is 0.500. The number of nitrogens with one attached hydrogen (secondary N) is 1. The van der Waals surface area contributed by atoms with Gasteiger partial charge in [-0.05, 0) is 36.6 Å². The Bertz CT molecular complexity index is 482. The summed E-state index contributed by atoms with van der Waals surface area (Å²) >= 11 is 7.31. The molecule has 1 unspecified atom stereocenters. The number of carbonyl (C=O) groups is 2. The first-order chi connectivity index (χ1) is 8.49. The minimum Gasteiger partial charge on any atom is -0.481 e. The number of hydrogen-bond donors (Lipinski definition) is 2. The number of aryl methyl sites for hydroxylation is 1. The van der Waals surface area contributed by atoms with E-state index in [-0.39, 0.29) is 18.4 Å². The van der Waals surface area contributed by atoms with Crippen LogP contribution in [0, 0.1) is 12.8 Å². The number of carboxylic acid groups (broad SMARTS) is 1. The summed E-state index contributed by atoms with van der Waals surface area (Å²) in [6.45, 7) is 1.84. The monoisotopic (exact) mass is 287 g/mol. The van der Waals surface area contributed by atoms with Gasteiger partial charge in [0, 0.05) is 6.04 Å². The molecule has 6 heteroatoms. The smallest absolute Gasteiger partial charge is 0.305 e. The summed E-state index contributed by atoms with van der Waals surface area (Å²) in [5.74, 6) is -0.859. The van der Waals surface area contributed by atoms with Gasteiger partial charge in [0.25, 0.3) is 5.91 Å². The van der Waals surface area contributed by atoms with Gasteiger partial charge in [-0.3, -0.25) is 9.59 Å². The van der Waals surface area contributed by atoms with Crippen LogP contribution >= 0.6 is 22.9 Å². The molecule has 18 heavy (non-hydrogen) atoms. The van der Waals surface area contributed by atoms with Crippen LogP contribution in [0.3, 0.4) is 0 Å². The Balaban J connectivity index is 2.04. The summed E-state index contributed by atoms with van der Waals surface area (Å²) in [7, 11) is 0. The van der Waals surface area contributed by atoms with Crippen molar-refractivity contribution in [3.8, 4) is 0 Å². The molecule has 1 aromatic rings. The number of thiophene rings is 1. The van der Waals surface area contributed by atoms with E-state index >= 15 is 0 Å². The maximum Gasteiger partial charge on any atom is 0.305 e. The molecule has 0 spiro atoms. The van der Waals surface area contributed by atoms with Crippen LogP contribution in [0.15, 0.2) is 5.38 Å². The second-order valence-electron chi connectivity index (χ2n) is 4.58. The van der Waals surface area contributed by atoms with E-state index in [0.717, 1.165) is 18.4 Å². The Hall–Kier alpha value is -1.07. The van der Waals surface area contributed by atoms with Crippen molar-refractivity contribution in [1.82, 2.24) is 5.32 Å². The van der Waals surface area contributed by atoms with Gasteiger partial charge in [-0.15, -0.1) is 11.3 Å². The number of carboxylic acids is 1. The lowest BCUT2D eigenvalue weighted by molar-refractivity contribution is -0.137. The van der Waals surface area contributed by atoms with Gasteiger partial charge in [0.15, 0.2) is 0 Å². The van der Waals surface area contributed by atoms with Crippen molar-refractivity contribution in [2.24, 2.45) is 5.92 Å². The van der Waals surface area contributed by atoms with Gasteiger partial charge >= 0.3 is 5.97 Å². The molecule has 0 aliphatic heterocycles. The number of halogens is 1. The zero-order valence-electron chi connectivity index (χ0n) is 9.90. The lowest BCUT2D eigenvalue weighted by Crippen LogP contribution is -2.37. The maximum atomic E-state index is 12.0. The molecule has 1 heterocycles. The molecular formula is C12H14ClNO3S. The molecule has 4 nitrogen and oxygen atoms in total. The summed E-state index contributed by atoms with van der Waals surface area (Å²) in [6, 6.07) is -0.284. The van der Waals surface area contributed by atoms with Gasteiger partial charge in [-0.1, -0.05) is 11.6 Å². The van der Waals surface area contributed by atoms with Crippen LogP contribution in [0.4, 0.5) is 0 Å². The van der Waals surface area contributed by atoms with E-state index in [2.05, 4.69) is 5.32 Å². The highest BCUT2D eigenvalue weighted by Crippen LogP contribution is 2.35. The lowest BCUT2D eigenvalue weighted by atomic mass is 10.1. The Morgan fingerprint density at radius 1 is 1.61 bits per heavy atom. The minimum atomic E-state index is -0.888. The van der Waals surface area contributed by atoms with Gasteiger partial charge in [0.05, 0.1) is 11.4 Å². The van der Waals surface area contributed by atoms with Crippen molar-refractivity contribution in [3.05, 3.63) is 20.8 Å². The van der Waals surface area contributed by atoms with E-state index in [1.165, 1.54) is 11.3 Å². The van der Waals surface area contributed by atoms with Gasteiger partial charge < -0.3 is 10.4 Å². The zero-order chi connectivity index (χ0) is 13.3. The maximum absolute atomic E-state index is 12.0. The molecule has 2 N–H and O–H groups in total. The van der Waals surface area contributed by atoms with Crippen molar-refractivity contribution in [2.75, 3.05) is 0 Å². The van der Waals surface area contributed by atoms with Gasteiger partial charge in [-0.25, -0.2) is 0 Å². The first-order valence-corrected chi connectivity index (χ1v) is 7.01. The molecule has 1 amide bonds. The van der Waals surface area contributed by atoms with E-state index < -0.39 is 5.97 Å². The van der Waals surface area contributed by atoms with Crippen molar-refractivity contribution in [3.63, 3.8) is 0 Å². The van der Waals surface area contributed by atoms with Crippen molar-refractivity contribution in [2.45, 2.75) is 32.2 Å². The largest absolute Gasteiger partial charge is 0.481 e. The van der Waals surface area contributed by atoms with E-state index in [1.54, 1.807) is 0 Å². The topological polar surface area (TPSA) is 66.4 Å². The van der Waals surface area contributed by atoms with Crippen LogP contribution in [0.25, 0.3) is 0 Å². The zero-order valence-corrected chi connectivity index (χ0v) is 11.5. The molecule has 2 rings (SSSR count). The third-order valence-corrected chi connectivity index (χ3v) is 4.70. The van der Waals surface area contributed by atoms with Crippen molar-refractivity contribution < 1.29 is 14.7 Å². The van der Waals surface area contributed by atoms with Crippen LogP contribution in [0.5, 0.6) is 0 Å². The molecule has 1 aliphatic carbocycles. The third kappa shape index (κ3) is 3.03. The third-order valence-electron chi connectivity index (χ3n) is 3.01. The Kier molecular flexibility index (Phi) is 3.92. The van der Waals surface area contributed by atoms with E-state index in [9.17, 15) is 9.59 Å². The highest BCUT2D eigenvalue weighted by Gasteiger charge is 2.34. The van der Waals surface area contributed by atoms with Crippen molar-refractivity contribution in [1.29, 1.82) is 0 Å². The van der Waals surface area contributed by atoms with Gasteiger partial charge in [-0.2, -0.15) is 0 Å². The highest BCUT2D eigenvalue weighted by molar-refractivity contribution is 7.13.